The fraction of sp³-hybridized carbons (Fsp3) is 0.389. The second-order valence-corrected chi connectivity index (χ2v) is 5.93. The van der Waals surface area contributed by atoms with Crippen molar-refractivity contribution in [1.82, 2.24) is 10.6 Å². The third-order valence-electron chi connectivity index (χ3n) is 3.71. The number of aliphatic imine (C=N–C) groups is 1. The predicted octanol–water partition coefficient (Wildman–Crippen LogP) is 4.34. The van der Waals surface area contributed by atoms with E-state index in [0.717, 1.165) is 41.8 Å². The molecular formula is C18H25ClIN3O2. The van der Waals surface area contributed by atoms with Gasteiger partial charge in [0.05, 0.1) is 13.2 Å². The summed E-state index contributed by atoms with van der Waals surface area (Å²) in [5.41, 5.74) is 1.06. The molecule has 2 aromatic rings. The van der Waals surface area contributed by atoms with E-state index in [9.17, 15) is 0 Å². The summed E-state index contributed by atoms with van der Waals surface area (Å²) in [6.45, 7) is 4.68. The molecule has 0 aliphatic rings. The Morgan fingerprint density at radius 3 is 2.64 bits per heavy atom. The number of ether oxygens (including phenoxy) is 1. The third kappa shape index (κ3) is 6.43. The van der Waals surface area contributed by atoms with Gasteiger partial charge in [-0.15, -0.1) is 24.0 Å². The first kappa shape index (κ1) is 21.6. The number of hydrogen-bond donors (Lipinski definition) is 2. The van der Waals surface area contributed by atoms with Crippen LogP contribution in [0.4, 0.5) is 0 Å². The van der Waals surface area contributed by atoms with Crippen LogP contribution in [0.1, 0.15) is 30.0 Å². The van der Waals surface area contributed by atoms with Crippen molar-refractivity contribution in [3.05, 3.63) is 52.4 Å². The molecule has 1 atom stereocenters. The number of nitrogens with one attached hydrogen (secondary N) is 2. The molecule has 0 radical (unpaired) electrons. The zero-order chi connectivity index (χ0) is 17.5. The summed E-state index contributed by atoms with van der Waals surface area (Å²) in [6.07, 6.45) is 0.789. The van der Waals surface area contributed by atoms with E-state index >= 15 is 0 Å². The average Bonchev–Trinajstić information content (AvgIpc) is 3.01. The highest BCUT2D eigenvalue weighted by Gasteiger charge is 2.11. The molecule has 1 aromatic heterocycles. The Hall–Kier alpha value is -1.41. The highest BCUT2D eigenvalue weighted by molar-refractivity contribution is 14.0. The van der Waals surface area contributed by atoms with Crippen LogP contribution in [0.5, 0.6) is 5.75 Å². The number of benzene rings is 1. The van der Waals surface area contributed by atoms with Gasteiger partial charge in [0.2, 0.25) is 0 Å². The van der Waals surface area contributed by atoms with E-state index < -0.39 is 0 Å². The summed E-state index contributed by atoms with van der Waals surface area (Å²) >= 11 is 6.26. The van der Waals surface area contributed by atoms with Crippen molar-refractivity contribution in [2.75, 3.05) is 20.7 Å². The van der Waals surface area contributed by atoms with Crippen molar-refractivity contribution in [1.29, 1.82) is 0 Å². The molecule has 0 spiro atoms. The second-order valence-electron chi connectivity index (χ2n) is 5.52. The minimum Gasteiger partial charge on any atom is -0.497 e. The van der Waals surface area contributed by atoms with Gasteiger partial charge in [-0.1, -0.05) is 17.7 Å². The second kappa shape index (κ2) is 10.6. The molecule has 0 amide bonds. The van der Waals surface area contributed by atoms with Gasteiger partial charge in [0.15, 0.2) is 5.96 Å². The van der Waals surface area contributed by atoms with Crippen LogP contribution in [0.2, 0.25) is 5.02 Å². The molecule has 0 fully saturated rings. The van der Waals surface area contributed by atoms with Crippen molar-refractivity contribution >= 4 is 41.5 Å². The van der Waals surface area contributed by atoms with E-state index in [-0.39, 0.29) is 30.0 Å². The van der Waals surface area contributed by atoms with Crippen LogP contribution >= 0.6 is 35.6 Å². The minimum absolute atomic E-state index is 0. The van der Waals surface area contributed by atoms with Gasteiger partial charge in [0.25, 0.3) is 0 Å². The van der Waals surface area contributed by atoms with Crippen LogP contribution < -0.4 is 15.4 Å². The van der Waals surface area contributed by atoms with Gasteiger partial charge < -0.3 is 19.8 Å². The number of nitrogens with zero attached hydrogens (tertiary/aromatic N) is 1. The van der Waals surface area contributed by atoms with E-state index in [1.165, 1.54) is 0 Å². The Labute approximate surface area is 171 Å². The lowest BCUT2D eigenvalue weighted by molar-refractivity contribution is 0.414. The van der Waals surface area contributed by atoms with Gasteiger partial charge in [0.1, 0.15) is 17.3 Å². The standard InChI is InChI=1S/C18H24ClN3O2.HI/c1-12-5-8-17(24-12)13(2)22-18(20-3)21-10-9-14-6-7-15(23-4)11-16(14)19;/h5-8,11,13H,9-10H2,1-4H3,(H2,20,21,22);1H. The first-order valence-corrected chi connectivity index (χ1v) is 8.27. The molecule has 5 nitrogen and oxygen atoms in total. The highest BCUT2D eigenvalue weighted by Crippen LogP contribution is 2.22. The van der Waals surface area contributed by atoms with Crippen molar-refractivity contribution in [2.24, 2.45) is 4.99 Å². The lowest BCUT2D eigenvalue weighted by atomic mass is 10.1. The molecule has 0 aliphatic carbocycles. The van der Waals surface area contributed by atoms with E-state index in [4.69, 9.17) is 20.8 Å². The summed E-state index contributed by atoms with van der Waals surface area (Å²) in [7, 11) is 3.38. The molecule has 1 aromatic carbocycles. The Balaban J connectivity index is 0.00000312. The van der Waals surface area contributed by atoms with Gasteiger partial charge in [-0.2, -0.15) is 0 Å². The first-order valence-electron chi connectivity index (χ1n) is 7.89. The summed E-state index contributed by atoms with van der Waals surface area (Å²) < 4.78 is 10.8. The topological polar surface area (TPSA) is 58.8 Å². The third-order valence-corrected chi connectivity index (χ3v) is 4.06. The average molecular weight is 478 g/mol. The smallest absolute Gasteiger partial charge is 0.191 e. The molecule has 1 unspecified atom stereocenters. The maximum Gasteiger partial charge on any atom is 0.191 e. The van der Waals surface area contributed by atoms with Gasteiger partial charge in [-0.3, -0.25) is 4.99 Å². The van der Waals surface area contributed by atoms with Crippen LogP contribution in [0.3, 0.4) is 0 Å². The van der Waals surface area contributed by atoms with Crippen LogP contribution in [0.15, 0.2) is 39.7 Å². The fourth-order valence-electron chi connectivity index (χ4n) is 2.33. The van der Waals surface area contributed by atoms with Gasteiger partial charge in [-0.25, -0.2) is 0 Å². The Morgan fingerprint density at radius 1 is 1.32 bits per heavy atom. The number of hydrogen-bond acceptors (Lipinski definition) is 3. The highest BCUT2D eigenvalue weighted by atomic mass is 127. The molecule has 1 heterocycles. The van der Waals surface area contributed by atoms with E-state index in [0.29, 0.717) is 5.02 Å². The largest absolute Gasteiger partial charge is 0.497 e. The summed E-state index contributed by atoms with van der Waals surface area (Å²) in [5.74, 6) is 3.27. The van der Waals surface area contributed by atoms with Crippen molar-refractivity contribution in [3.63, 3.8) is 0 Å². The maximum absolute atomic E-state index is 6.26. The molecule has 138 valence electrons. The molecule has 2 rings (SSSR count). The molecule has 0 aliphatic heterocycles. The van der Waals surface area contributed by atoms with Gasteiger partial charge >= 0.3 is 0 Å². The summed E-state index contributed by atoms with van der Waals surface area (Å²) in [4.78, 5) is 4.24. The predicted molar refractivity (Wildman–Crippen MR) is 113 cm³/mol. The molecule has 25 heavy (non-hydrogen) atoms. The van der Waals surface area contributed by atoms with Crippen molar-refractivity contribution in [2.45, 2.75) is 26.3 Å². The van der Waals surface area contributed by atoms with E-state index in [2.05, 4.69) is 15.6 Å². The van der Waals surface area contributed by atoms with Gasteiger partial charge in [0, 0.05) is 18.6 Å². The molecule has 0 bridgehead atoms. The number of furan rings is 1. The normalized spacial score (nSPS) is 12.3. The summed E-state index contributed by atoms with van der Waals surface area (Å²) in [6, 6.07) is 9.68. The number of guanidine groups is 1. The minimum atomic E-state index is 0. The molecule has 7 heteroatoms. The first-order chi connectivity index (χ1) is 11.5. The molecule has 0 saturated heterocycles. The molecule has 2 N–H and O–H groups in total. The van der Waals surface area contributed by atoms with Crippen molar-refractivity contribution in [3.8, 4) is 5.75 Å². The summed E-state index contributed by atoms with van der Waals surface area (Å²) in [5, 5.41) is 7.30. The van der Waals surface area contributed by atoms with E-state index in [1.807, 2.05) is 44.2 Å². The van der Waals surface area contributed by atoms with Crippen LogP contribution in [0.25, 0.3) is 0 Å². The van der Waals surface area contributed by atoms with Crippen LogP contribution in [0, 0.1) is 6.92 Å². The number of aryl methyl sites for hydroxylation is 1. The van der Waals surface area contributed by atoms with Crippen LogP contribution in [-0.2, 0) is 6.42 Å². The Kier molecular flexibility index (Phi) is 9.13. The fourth-order valence-corrected chi connectivity index (χ4v) is 2.60. The lowest BCUT2D eigenvalue weighted by Gasteiger charge is -2.16. The number of methoxy groups -OCH3 is 1. The maximum atomic E-state index is 6.26. The molecular weight excluding hydrogens is 453 g/mol. The Bertz CT molecular complexity index is 703. The van der Waals surface area contributed by atoms with Crippen molar-refractivity contribution < 1.29 is 9.15 Å². The quantitative estimate of drug-likeness (QED) is 0.369. The zero-order valence-corrected chi connectivity index (χ0v) is 18.0. The zero-order valence-electron chi connectivity index (χ0n) is 14.9. The van der Waals surface area contributed by atoms with Gasteiger partial charge in [-0.05, 0) is 50.1 Å². The molecule has 0 saturated carbocycles. The number of halogens is 2. The monoisotopic (exact) mass is 477 g/mol. The Morgan fingerprint density at radius 2 is 2.08 bits per heavy atom. The van der Waals surface area contributed by atoms with E-state index in [1.54, 1.807) is 14.2 Å². The SMILES string of the molecule is CN=C(NCCc1ccc(OC)cc1Cl)NC(C)c1ccc(C)o1.I. The van der Waals surface area contributed by atoms with Crippen LogP contribution in [-0.4, -0.2) is 26.7 Å². The number of rotatable bonds is 6. The lowest BCUT2D eigenvalue weighted by Crippen LogP contribution is -2.39.